The first-order chi connectivity index (χ1) is 8.81. The number of esters is 3. The Hall–Kier alpha value is -1.67. The molecule has 1 rings (SSSR count). The second-order valence-corrected chi connectivity index (χ2v) is 4.02. The molecule has 1 aliphatic heterocycles. The number of aliphatic hydroxyl groups excluding tert-OH is 1. The van der Waals surface area contributed by atoms with E-state index >= 15 is 0 Å². The third-order valence-electron chi connectivity index (χ3n) is 2.34. The molecule has 1 N–H and O–H groups in total. The molecule has 19 heavy (non-hydrogen) atoms. The van der Waals surface area contributed by atoms with Crippen LogP contribution in [0.5, 0.6) is 0 Å². The summed E-state index contributed by atoms with van der Waals surface area (Å²) in [5.41, 5.74) is 0. The van der Waals surface area contributed by atoms with Gasteiger partial charge < -0.3 is 24.1 Å². The van der Waals surface area contributed by atoms with E-state index in [1.54, 1.807) is 0 Å². The van der Waals surface area contributed by atoms with Crippen molar-refractivity contribution >= 4 is 17.9 Å². The SMILES string of the molecule is CC(=O)OCC1OC(O)C(OC(C)=O)C1OC(C)=O. The third-order valence-corrected chi connectivity index (χ3v) is 2.34. The summed E-state index contributed by atoms with van der Waals surface area (Å²) >= 11 is 0. The maximum Gasteiger partial charge on any atom is 0.303 e. The molecule has 1 fully saturated rings. The van der Waals surface area contributed by atoms with Crippen LogP contribution in [0.2, 0.25) is 0 Å². The van der Waals surface area contributed by atoms with Crippen LogP contribution in [0.25, 0.3) is 0 Å². The number of rotatable bonds is 4. The molecule has 0 aromatic carbocycles. The molecule has 1 aliphatic rings. The first-order valence-electron chi connectivity index (χ1n) is 5.62. The number of carbonyl (C=O) groups is 3. The highest BCUT2D eigenvalue weighted by molar-refractivity contribution is 5.67. The van der Waals surface area contributed by atoms with Crippen molar-refractivity contribution in [3.8, 4) is 0 Å². The molecule has 0 bridgehead atoms. The summed E-state index contributed by atoms with van der Waals surface area (Å²) in [6.45, 7) is 3.30. The van der Waals surface area contributed by atoms with Crippen molar-refractivity contribution in [2.24, 2.45) is 0 Å². The van der Waals surface area contributed by atoms with E-state index < -0.39 is 42.5 Å². The molecule has 0 aromatic heterocycles. The smallest absolute Gasteiger partial charge is 0.303 e. The monoisotopic (exact) mass is 276 g/mol. The van der Waals surface area contributed by atoms with Crippen molar-refractivity contribution in [1.29, 1.82) is 0 Å². The van der Waals surface area contributed by atoms with Crippen molar-refractivity contribution in [3.63, 3.8) is 0 Å². The second-order valence-electron chi connectivity index (χ2n) is 4.02. The highest BCUT2D eigenvalue weighted by Crippen LogP contribution is 2.26. The lowest BCUT2D eigenvalue weighted by molar-refractivity contribution is -0.174. The zero-order valence-corrected chi connectivity index (χ0v) is 10.8. The molecule has 1 saturated heterocycles. The van der Waals surface area contributed by atoms with Gasteiger partial charge in [0.2, 0.25) is 0 Å². The molecule has 4 unspecified atom stereocenters. The van der Waals surface area contributed by atoms with Gasteiger partial charge in [-0.1, -0.05) is 0 Å². The maximum absolute atomic E-state index is 11.0. The van der Waals surface area contributed by atoms with Gasteiger partial charge in [0.05, 0.1) is 0 Å². The molecule has 0 spiro atoms. The molecule has 0 saturated carbocycles. The van der Waals surface area contributed by atoms with Gasteiger partial charge in [0.1, 0.15) is 12.7 Å². The molecule has 0 aliphatic carbocycles. The predicted octanol–water partition coefficient (Wildman–Crippen LogP) is -0.870. The van der Waals surface area contributed by atoms with Gasteiger partial charge in [0.15, 0.2) is 18.5 Å². The van der Waals surface area contributed by atoms with E-state index in [0.29, 0.717) is 0 Å². The molecule has 108 valence electrons. The van der Waals surface area contributed by atoms with Gasteiger partial charge in [-0.2, -0.15) is 0 Å². The summed E-state index contributed by atoms with van der Waals surface area (Å²) in [5.74, 6) is -1.83. The largest absolute Gasteiger partial charge is 0.463 e. The molecule has 0 aromatic rings. The van der Waals surface area contributed by atoms with Gasteiger partial charge in [-0.15, -0.1) is 0 Å². The standard InChI is InChI=1S/C11H16O8/c1-5(12)16-4-8-9(17-6(2)13)10(11(15)19-8)18-7(3)14/h8-11,15H,4H2,1-3H3. The van der Waals surface area contributed by atoms with E-state index in [9.17, 15) is 19.5 Å². The Kier molecular flexibility index (Phi) is 5.25. The molecule has 1 heterocycles. The molecule has 4 atom stereocenters. The van der Waals surface area contributed by atoms with Gasteiger partial charge >= 0.3 is 17.9 Å². The first kappa shape index (κ1) is 15.4. The number of ether oxygens (including phenoxy) is 4. The normalized spacial score (nSPS) is 29.7. The summed E-state index contributed by atoms with van der Waals surface area (Å²) in [6.07, 6.45) is -4.53. The predicted molar refractivity (Wildman–Crippen MR) is 58.6 cm³/mol. The van der Waals surface area contributed by atoms with Crippen LogP contribution in [-0.2, 0) is 33.3 Å². The minimum Gasteiger partial charge on any atom is -0.463 e. The zero-order chi connectivity index (χ0) is 14.6. The lowest BCUT2D eigenvalue weighted by Gasteiger charge is -2.21. The van der Waals surface area contributed by atoms with Crippen molar-refractivity contribution in [2.75, 3.05) is 6.61 Å². The highest BCUT2D eigenvalue weighted by Gasteiger charge is 2.48. The summed E-state index contributed by atoms with van der Waals surface area (Å²) in [6, 6.07) is 0. The van der Waals surface area contributed by atoms with E-state index in [1.807, 2.05) is 0 Å². The van der Waals surface area contributed by atoms with Crippen LogP contribution < -0.4 is 0 Å². The maximum atomic E-state index is 11.0. The Balaban J connectivity index is 2.76. The lowest BCUT2D eigenvalue weighted by atomic mass is 10.1. The molecular formula is C11H16O8. The van der Waals surface area contributed by atoms with Gasteiger partial charge in [-0.3, -0.25) is 14.4 Å². The number of hydrogen-bond donors (Lipinski definition) is 1. The average Bonchev–Trinajstić information content (AvgIpc) is 2.53. The van der Waals surface area contributed by atoms with E-state index in [0.717, 1.165) is 6.92 Å². The molecule has 8 heteroatoms. The minimum absolute atomic E-state index is 0.220. The third kappa shape index (κ3) is 4.49. The van der Waals surface area contributed by atoms with Gasteiger partial charge in [-0.25, -0.2) is 0 Å². The van der Waals surface area contributed by atoms with Gasteiger partial charge in [0, 0.05) is 20.8 Å². The second kappa shape index (κ2) is 6.48. The fourth-order valence-electron chi connectivity index (χ4n) is 1.69. The van der Waals surface area contributed by atoms with Crippen LogP contribution in [0, 0.1) is 0 Å². The Morgan fingerprint density at radius 1 is 1.00 bits per heavy atom. The lowest BCUT2D eigenvalue weighted by Crippen LogP contribution is -2.41. The topological polar surface area (TPSA) is 108 Å². The van der Waals surface area contributed by atoms with Crippen molar-refractivity contribution in [2.45, 2.75) is 45.4 Å². The fourth-order valence-corrected chi connectivity index (χ4v) is 1.69. The van der Waals surface area contributed by atoms with Crippen LogP contribution >= 0.6 is 0 Å². The molecule has 0 amide bonds. The number of carbonyl (C=O) groups excluding carboxylic acids is 3. The Morgan fingerprint density at radius 2 is 1.53 bits per heavy atom. The van der Waals surface area contributed by atoms with E-state index in [-0.39, 0.29) is 6.61 Å². The van der Waals surface area contributed by atoms with Crippen molar-refractivity contribution < 1.29 is 38.4 Å². The van der Waals surface area contributed by atoms with Crippen molar-refractivity contribution in [3.05, 3.63) is 0 Å². The Labute approximate surface area is 109 Å². The zero-order valence-electron chi connectivity index (χ0n) is 10.8. The van der Waals surface area contributed by atoms with E-state index in [2.05, 4.69) is 0 Å². The van der Waals surface area contributed by atoms with Crippen molar-refractivity contribution in [1.82, 2.24) is 0 Å². The summed E-state index contributed by atoms with van der Waals surface area (Å²) in [7, 11) is 0. The van der Waals surface area contributed by atoms with Crippen LogP contribution in [0.1, 0.15) is 20.8 Å². The summed E-state index contributed by atoms with van der Waals surface area (Å²) in [4.78, 5) is 32.7. The Bertz CT molecular complexity index is 366. The molecular weight excluding hydrogens is 260 g/mol. The van der Waals surface area contributed by atoms with E-state index in [4.69, 9.17) is 18.9 Å². The number of aliphatic hydroxyl groups is 1. The van der Waals surface area contributed by atoms with Crippen LogP contribution in [-0.4, -0.2) is 54.2 Å². The molecule has 0 radical (unpaired) electrons. The molecule has 8 nitrogen and oxygen atoms in total. The average molecular weight is 276 g/mol. The van der Waals surface area contributed by atoms with Crippen LogP contribution in [0.15, 0.2) is 0 Å². The van der Waals surface area contributed by atoms with Gasteiger partial charge in [0.25, 0.3) is 0 Å². The fraction of sp³-hybridized carbons (Fsp3) is 0.727. The summed E-state index contributed by atoms with van der Waals surface area (Å²) in [5, 5.41) is 9.63. The van der Waals surface area contributed by atoms with E-state index in [1.165, 1.54) is 13.8 Å². The highest BCUT2D eigenvalue weighted by atomic mass is 16.7. The van der Waals surface area contributed by atoms with Crippen LogP contribution in [0.4, 0.5) is 0 Å². The van der Waals surface area contributed by atoms with Gasteiger partial charge in [-0.05, 0) is 0 Å². The first-order valence-corrected chi connectivity index (χ1v) is 5.62. The van der Waals surface area contributed by atoms with Crippen LogP contribution in [0.3, 0.4) is 0 Å². The minimum atomic E-state index is -1.45. The quantitative estimate of drug-likeness (QED) is 0.521. The Morgan fingerprint density at radius 3 is 2.00 bits per heavy atom. The summed E-state index contributed by atoms with van der Waals surface area (Å²) < 4.78 is 19.6. The number of hydrogen-bond acceptors (Lipinski definition) is 8.